The van der Waals surface area contributed by atoms with E-state index in [1.807, 2.05) is 12.1 Å². The highest BCUT2D eigenvalue weighted by Gasteiger charge is 2.68. The fourth-order valence-corrected chi connectivity index (χ4v) is 5.09. The molecule has 1 unspecified atom stereocenters. The Hall–Kier alpha value is -2.18. The molecule has 1 atom stereocenters. The fourth-order valence-electron chi connectivity index (χ4n) is 5.09. The summed E-state index contributed by atoms with van der Waals surface area (Å²) in [5.74, 6) is 0.240. The molecule has 2 bridgehead atoms. The Labute approximate surface area is 153 Å². The van der Waals surface area contributed by atoms with Gasteiger partial charge in [0, 0.05) is 23.3 Å². The van der Waals surface area contributed by atoms with Gasteiger partial charge in [-0.2, -0.15) is 4.98 Å². The summed E-state index contributed by atoms with van der Waals surface area (Å²) >= 11 is 0. The first-order valence-corrected chi connectivity index (χ1v) is 9.34. The predicted octanol–water partition coefficient (Wildman–Crippen LogP) is 1.70. The molecule has 0 aliphatic heterocycles. The van der Waals surface area contributed by atoms with E-state index >= 15 is 0 Å². The zero-order chi connectivity index (χ0) is 18.5. The van der Waals surface area contributed by atoms with Crippen molar-refractivity contribution in [3.05, 3.63) is 52.6 Å². The van der Waals surface area contributed by atoms with Gasteiger partial charge in [0.05, 0.1) is 5.69 Å². The molecule has 26 heavy (non-hydrogen) atoms. The summed E-state index contributed by atoms with van der Waals surface area (Å²) < 4.78 is 1.50. The molecule has 4 N–H and O–H groups in total. The van der Waals surface area contributed by atoms with E-state index in [2.05, 4.69) is 35.9 Å². The minimum absolute atomic E-state index is 0.134. The third-order valence-electron chi connectivity index (χ3n) is 6.10. The van der Waals surface area contributed by atoms with Gasteiger partial charge in [0.15, 0.2) is 0 Å². The lowest BCUT2D eigenvalue weighted by atomic mass is 9.43. The van der Waals surface area contributed by atoms with Gasteiger partial charge in [-0.15, -0.1) is 0 Å². The number of anilines is 1. The van der Waals surface area contributed by atoms with Crippen LogP contribution >= 0.6 is 0 Å². The lowest BCUT2D eigenvalue weighted by Gasteiger charge is -2.73. The number of nitrogen functional groups attached to an aromatic ring is 1. The first kappa shape index (κ1) is 17.2. The van der Waals surface area contributed by atoms with Gasteiger partial charge in [0.1, 0.15) is 5.82 Å². The molecule has 3 aliphatic rings. The maximum Gasteiger partial charge on any atom is 0.354 e. The number of nitrogens with zero attached hydrogens (tertiary/aromatic N) is 3. The van der Waals surface area contributed by atoms with Crippen molar-refractivity contribution in [3.63, 3.8) is 0 Å². The highest BCUT2D eigenvalue weighted by atomic mass is 16.1. The lowest BCUT2D eigenvalue weighted by Crippen LogP contribution is -2.83. The molecule has 5 rings (SSSR count). The molecule has 1 aromatic heterocycles. The van der Waals surface area contributed by atoms with E-state index in [4.69, 9.17) is 11.5 Å². The molecule has 6 nitrogen and oxygen atoms in total. The number of aromatic nitrogens is 2. The predicted molar refractivity (Wildman–Crippen MR) is 103 cm³/mol. The van der Waals surface area contributed by atoms with Crippen molar-refractivity contribution < 1.29 is 0 Å². The molecular weight excluding hydrogens is 326 g/mol. The molecule has 1 heterocycles. The highest BCUT2D eigenvalue weighted by molar-refractivity contribution is 5.37. The van der Waals surface area contributed by atoms with Crippen LogP contribution in [0.4, 0.5) is 5.82 Å². The molecule has 0 radical (unpaired) electrons. The van der Waals surface area contributed by atoms with E-state index < -0.39 is 0 Å². The zero-order valence-electron chi connectivity index (χ0n) is 15.5. The van der Waals surface area contributed by atoms with Crippen molar-refractivity contribution in [2.24, 2.45) is 5.73 Å². The van der Waals surface area contributed by atoms with Crippen LogP contribution in [0.2, 0.25) is 0 Å². The average Bonchev–Trinajstić information content (AvgIpc) is 2.54. The fraction of sp³-hybridized carbons (Fsp3) is 0.500. The molecule has 2 aromatic rings. The SMILES string of the molecule is CCN(C(C)Cc1ccc(-n2ccc(N)nc2=O)cc1)C12CC(N)(C1)C2. The van der Waals surface area contributed by atoms with Crippen LogP contribution in [0.15, 0.2) is 41.3 Å². The second-order valence-corrected chi connectivity index (χ2v) is 8.13. The standard InChI is InChI=1S/C20H27N5O/c1-3-25(20-11-19(22,12-20)13-20)14(2)10-15-4-6-16(7-5-15)24-9-8-17(21)23-18(24)26/h4-9,14H,3,10-13,22H2,1-2H3,(H2,21,23,26). The van der Waals surface area contributed by atoms with Crippen LogP contribution in [0.5, 0.6) is 0 Å². The Bertz CT molecular complexity index is 853. The Balaban J connectivity index is 1.46. The van der Waals surface area contributed by atoms with E-state index in [1.54, 1.807) is 12.3 Å². The van der Waals surface area contributed by atoms with Crippen molar-refractivity contribution >= 4 is 5.82 Å². The van der Waals surface area contributed by atoms with E-state index in [0.29, 0.717) is 11.6 Å². The number of hydrogen-bond acceptors (Lipinski definition) is 5. The normalized spacial score (nSPS) is 27.7. The van der Waals surface area contributed by atoms with Crippen molar-refractivity contribution in [1.82, 2.24) is 14.5 Å². The number of hydrogen-bond donors (Lipinski definition) is 2. The van der Waals surface area contributed by atoms with Gasteiger partial charge < -0.3 is 11.5 Å². The van der Waals surface area contributed by atoms with Gasteiger partial charge in [-0.1, -0.05) is 19.1 Å². The van der Waals surface area contributed by atoms with Gasteiger partial charge in [-0.05, 0) is 62.9 Å². The molecule has 138 valence electrons. The molecule has 6 heteroatoms. The van der Waals surface area contributed by atoms with Crippen LogP contribution in [0, 0.1) is 0 Å². The summed E-state index contributed by atoms with van der Waals surface area (Å²) in [6.07, 6.45) is 6.08. The van der Waals surface area contributed by atoms with Gasteiger partial charge in [-0.25, -0.2) is 4.79 Å². The Morgan fingerprint density at radius 2 is 1.88 bits per heavy atom. The van der Waals surface area contributed by atoms with Gasteiger partial charge in [0.25, 0.3) is 0 Å². The third kappa shape index (κ3) is 2.73. The van der Waals surface area contributed by atoms with Gasteiger partial charge in [-0.3, -0.25) is 9.47 Å². The maximum absolute atomic E-state index is 12.0. The molecule has 0 saturated heterocycles. The van der Waals surface area contributed by atoms with Crippen LogP contribution < -0.4 is 17.2 Å². The third-order valence-corrected chi connectivity index (χ3v) is 6.10. The molecule has 3 aliphatic carbocycles. The molecule has 1 aromatic carbocycles. The van der Waals surface area contributed by atoms with E-state index in [9.17, 15) is 4.79 Å². The summed E-state index contributed by atoms with van der Waals surface area (Å²) in [7, 11) is 0. The molecule has 0 amide bonds. The van der Waals surface area contributed by atoms with Crippen molar-refractivity contribution in [3.8, 4) is 5.69 Å². The second-order valence-electron chi connectivity index (χ2n) is 8.13. The van der Waals surface area contributed by atoms with Crippen molar-refractivity contribution in [2.75, 3.05) is 12.3 Å². The summed E-state index contributed by atoms with van der Waals surface area (Å²) in [5, 5.41) is 0. The van der Waals surface area contributed by atoms with Gasteiger partial charge >= 0.3 is 5.69 Å². The minimum Gasteiger partial charge on any atom is -0.383 e. The summed E-state index contributed by atoms with van der Waals surface area (Å²) in [4.78, 5) is 18.4. The average molecular weight is 353 g/mol. The van der Waals surface area contributed by atoms with Crippen LogP contribution in [0.3, 0.4) is 0 Å². The molecular formula is C20H27N5O. The van der Waals surface area contributed by atoms with Crippen molar-refractivity contribution in [2.45, 2.75) is 56.7 Å². The Kier molecular flexibility index (Phi) is 3.93. The first-order chi connectivity index (χ1) is 12.3. The monoisotopic (exact) mass is 353 g/mol. The van der Waals surface area contributed by atoms with Gasteiger partial charge in [0.2, 0.25) is 0 Å². The second kappa shape index (κ2) is 5.93. The number of rotatable bonds is 6. The number of likely N-dealkylation sites (N-methyl/N-ethyl adjacent to an activating group) is 1. The van der Waals surface area contributed by atoms with Crippen LogP contribution in [0.25, 0.3) is 5.69 Å². The van der Waals surface area contributed by atoms with Crippen LogP contribution in [-0.2, 0) is 6.42 Å². The number of nitrogens with two attached hydrogens (primary N) is 2. The van der Waals surface area contributed by atoms with E-state index in [1.165, 1.54) is 10.1 Å². The van der Waals surface area contributed by atoms with Crippen molar-refractivity contribution in [1.29, 1.82) is 0 Å². The largest absolute Gasteiger partial charge is 0.383 e. The zero-order valence-corrected chi connectivity index (χ0v) is 15.5. The Morgan fingerprint density at radius 1 is 1.23 bits per heavy atom. The highest BCUT2D eigenvalue weighted by Crippen LogP contribution is 2.62. The van der Waals surface area contributed by atoms with E-state index in [0.717, 1.165) is 37.9 Å². The quantitative estimate of drug-likeness (QED) is 0.825. The molecule has 3 fully saturated rings. The Morgan fingerprint density at radius 3 is 2.42 bits per heavy atom. The molecule has 0 spiro atoms. The maximum atomic E-state index is 12.0. The smallest absolute Gasteiger partial charge is 0.354 e. The summed E-state index contributed by atoms with van der Waals surface area (Å²) in [6.45, 7) is 5.60. The lowest BCUT2D eigenvalue weighted by molar-refractivity contribution is -0.172. The topological polar surface area (TPSA) is 90.2 Å². The van der Waals surface area contributed by atoms with E-state index in [-0.39, 0.29) is 17.0 Å². The van der Waals surface area contributed by atoms with Crippen LogP contribution in [0.1, 0.15) is 38.7 Å². The molecule has 3 saturated carbocycles. The first-order valence-electron chi connectivity index (χ1n) is 9.34. The minimum atomic E-state index is -0.359. The van der Waals surface area contributed by atoms with Crippen LogP contribution in [-0.4, -0.2) is 38.1 Å². The number of benzene rings is 1. The summed E-state index contributed by atoms with van der Waals surface area (Å²) in [6, 6.07) is 10.2. The summed E-state index contributed by atoms with van der Waals surface area (Å²) in [5.41, 5.74) is 14.0.